The Morgan fingerprint density at radius 3 is 2.12 bits per heavy atom. The molecule has 2 aliphatic rings. The Bertz CT molecular complexity index is 2310. The summed E-state index contributed by atoms with van der Waals surface area (Å²) in [5, 5.41) is -0.623. The monoisotopic (exact) mass is 659 g/mol. The fourth-order valence-electron chi connectivity index (χ4n) is 5.49. The second-order valence-electron chi connectivity index (χ2n) is 10.0. The molecule has 0 unspecified atom stereocenters. The fraction of sp³-hybridized carbons (Fsp3) is 0.107. The van der Waals surface area contributed by atoms with Gasteiger partial charge in [-0.25, -0.2) is 18.8 Å². The van der Waals surface area contributed by atoms with Crippen LogP contribution < -0.4 is 15.3 Å². The Labute approximate surface area is 257 Å². The lowest BCUT2D eigenvalue weighted by atomic mass is 9.90. The zero-order valence-electron chi connectivity index (χ0n) is 21.9. The molecule has 214 valence electrons. The normalized spacial score (nSPS) is 14.5. The topological polar surface area (TPSA) is 60.0 Å². The van der Waals surface area contributed by atoms with Gasteiger partial charge in [0.1, 0.15) is 16.1 Å². The van der Waals surface area contributed by atoms with E-state index in [0.29, 0.717) is 33.4 Å². The van der Waals surface area contributed by atoms with Crippen molar-refractivity contribution in [1.29, 1.82) is 0 Å². The van der Waals surface area contributed by atoms with Gasteiger partial charge in [0.15, 0.2) is 17.0 Å². The van der Waals surface area contributed by atoms with Crippen LogP contribution in [0.25, 0.3) is 44.0 Å². The van der Waals surface area contributed by atoms with E-state index in [-0.39, 0.29) is 22.5 Å². The summed E-state index contributed by atoms with van der Waals surface area (Å²) >= 11 is 15.9. The summed E-state index contributed by atoms with van der Waals surface area (Å²) in [6.07, 6.45) is -3.26. The molecule has 0 aliphatic carbocycles. The SMILES string of the molecule is Cc1ccc(-c2cc3c(o2)=CC2=C(c4c(Cl)nc(C(F)(F)F)nc4Cl)c4cc5oc(-c6ccc(C)s6)cc5n4B(F)[N+]=32)s1. The molecule has 0 radical (unpaired) electrons. The van der Waals surface area contributed by atoms with Gasteiger partial charge >= 0.3 is 13.4 Å². The minimum Gasteiger partial charge on any atom is -0.454 e. The third-order valence-electron chi connectivity index (χ3n) is 7.28. The quantitative estimate of drug-likeness (QED) is 0.112. The Hall–Kier alpha value is -3.65. The van der Waals surface area contributed by atoms with Crippen molar-refractivity contribution in [2.45, 2.75) is 20.0 Å². The van der Waals surface area contributed by atoms with Gasteiger partial charge in [0.25, 0.3) is 0 Å². The highest BCUT2D eigenvalue weighted by atomic mass is 35.5. The van der Waals surface area contributed by atoms with Gasteiger partial charge in [0.05, 0.1) is 44.2 Å². The molecule has 6 aromatic rings. The van der Waals surface area contributed by atoms with Crippen LogP contribution >= 0.6 is 45.9 Å². The lowest BCUT2D eigenvalue weighted by molar-refractivity contribution is -0.145. The van der Waals surface area contributed by atoms with Crippen LogP contribution in [0.4, 0.5) is 17.5 Å². The number of fused-ring (bicyclic) bond motifs is 5. The van der Waals surface area contributed by atoms with E-state index in [9.17, 15) is 13.2 Å². The summed E-state index contributed by atoms with van der Waals surface area (Å²) in [6.45, 7) is 3.95. The summed E-state index contributed by atoms with van der Waals surface area (Å²) in [5.41, 5.74) is 1.91. The zero-order valence-corrected chi connectivity index (χ0v) is 25.0. The van der Waals surface area contributed by atoms with E-state index in [0.717, 1.165) is 19.5 Å². The Morgan fingerprint density at radius 2 is 1.53 bits per heavy atom. The summed E-state index contributed by atoms with van der Waals surface area (Å²) < 4.78 is 72.3. The number of aryl methyl sites for hydroxylation is 2. The molecule has 2 aliphatic heterocycles. The van der Waals surface area contributed by atoms with E-state index in [1.54, 1.807) is 24.3 Å². The first-order valence-electron chi connectivity index (χ1n) is 12.7. The largest absolute Gasteiger partial charge is 0.847 e. The first-order chi connectivity index (χ1) is 20.5. The van der Waals surface area contributed by atoms with Crippen molar-refractivity contribution in [2.75, 3.05) is 0 Å². The summed E-state index contributed by atoms with van der Waals surface area (Å²) in [4.78, 5) is 10.9. The highest BCUT2D eigenvalue weighted by molar-refractivity contribution is 7.15. The molecule has 15 heteroatoms. The molecule has 8 heterocycles. The molecule has 0 amide bonds. The van der Waals surface area contributed by atoms with Crippen molar-refractivity contribution < 1.29 is 26.3 Å². The van der Waals surface area contributed by atoms with Gasteiger partial charge < -0.3 is 8.83 Å². The number of hydrogen-bond donors (Lipinski definition) is 0. The van der Waals surface area contributed by atoms with Crippen molar-refractivity contribution in [3.8, 4) is 21.3 Å². The zero-order chi connectivity index (χ0) is 29.9. The molecule has 0 spiro atoms. The average Bonchev–Trinajstić information content (AvgIpc) is 3.74. The molecule has 0 saturated carbocycles. The number of halogens is 6. The van der Waals surface area contributed by atoms with Gasteiger partial charge in [0.2, 0.25) is 16.6 Å². The molecule has 0 fully saturated rings. The number of allylic oxidation sites excluding steroid dienone is 1. The van der Waals surface area contributed by atoms with Crippen LogP contribution in [0.5, 0.6) is 0 Å². The number of alkyl halides is 3. The van der Waals surface area contributed by atoms with Crippen LogP contribution in [0.2, 0.25) is 10.3 Å². The number of aromatic nitrogens is 3. The lowest BCUT2D eigenvalue weighted by Gasteiger charge is -2.20. The maximum Gasteiger partial charge on any atom is 0.847 e. The number of rotatable bonds is 3. The van der Waals surface area contributed by atoms with Crippen LogP contribution in [-0.2, 0) is 6.18 Å². The number of nitrogens with zero attached hydrogens (tertiary/aromatic N) is 4. The summed E-state index contributed by atoms with van der Waals surface area (Å²) in [5.74, 6) is -0.363. The van der Waals surface area contributed by atoms with E-state index in [1.807, 2.05) is 38.1 Å². The van der Waals surface area contributed by atoms with E-state index in [2.05, 4.69) is 9.97 Å². The van der Waals surface area contributed by atoms with Gasteiger partial charge in [-0.1, -0.05) is 23.2 Å². The summed E-state index contributed by atoms with van der Waals surface area (Å²) in [6, 6.07) is 12.9. The predicted octanol–water partition coefficient (Wildman–Crippen LogP) is 7.58. The van der Waals surface area contributed by atoms with E-state index in [4.69, 9.17) is 32.0 Å². The molecular formula is C28H14BCl2F4N4O2S2+. The number of hydrogen-bond acceptors (Lipinski definition) is 6. The third kappa shape index (κ3) is 4.02. The van der Waals surface area contributed by atoms with Gasteiger partial charge in [-0.3, -0.25) is 4.48 Å². The predicted molar refractivity (Wildman–Crippen MR) is 159 cm³/mol. The Morgan fingerprint density at radius 1 is 0.907 bits per heavy atom. The maximum absolute atomic E-state index is 16.8. The first-order valence-corrected chi connectivity index (χ1v) is 15.1. The second-order valence-corrected chi connectivity index (χ2v) is 13.3. The highest BCUT2D eigenvalue weighted by Gasteiger charge is 2.51. The minimum absolute atomic E-state index is 0.0748. The highest BCUT2D eigenvalue weighted by Crippen LogP contribution is 2.44. The van der Waals surface area contributed by atoms with Crippen molar-refractivity contribution in [1.82, 2.24) is 18.9 Å². The standard InChI is InChI=1S/C28H14BCl2F4N4O2S2/c1-11-3-5-21(42-11)19-7-13-17(40-19)9-15-23(24-25(30)36-27(28(32,33)34)37-26(24)31)16-10-18-14(39(16)29(35)38(13)15)8-20(41-18)22-6-4-12(2)43-22/h3-10H,1-2H3/q+1. The van der Waals surface area contributed by atoms with Crippen LogP contribution in [0, 0.1) is 13.8 Å². The van der Waals surface area contributed by atoms with Crippen LogP contribution in [0.1, 0.15) is 26.8 Å². The molecule has 0 N–H and O–H groups in total. The molecule has 0 atom stereocenters. The molecular weight excluding hydrogens is 646 g/mol. The second kappa shape index (κ2) is 9.18. The van der Waals surface area contributed by atoms with Gasteiger partial charge in [-0.15, -0.1) is 22.7 Å². The minimum atomic E-state index is -4.87. The van der Waals surface area contributed by atoms with Crippen molar-refractivity contribution in [3.63, 3.8) is 0 Å². The van der Waals surface area contributed by atoms with E-state index < -0.39 is 29.6 Å². The van der Waals surface area contributed by atoms with Gasteiger partial charge in [-0.05, 0) is 38.1 Å². The number of thiophene rings is 2. The molecule has 0 saturated heterocycles. The maximum atomic E-state index is 16.8. The Balaban J connectivity index is 1.42. The molecule has 0 aromatic carbocycles. The Kier molecular flexibility index (Phi) is 5.75. The molecule has 8 rings (SSSR count). The third-order valence-corrected chi connectivity index (χ3v) is 9.86. The van der Waals surface area contributed by atoms with E-state index in [1.165, 1.54) is 31.6 Å². The fourth-order valence-corrected chi connectivity index (χ4v) is 7.70. The van der Waals surface area contributed by atoms with Crippen LogP contribution in [-0.4, -0.2) is 21.7 Å². The number of furan rings is 2. The molecule has 6 aromatic heterocycles. The van der Waals surface area contributed by atoms with Gasteiger partial charge in [0, 0.05) is 21.9 Å². The molecule has 43 heavy (non-hydrogen) atoms. The molecule has 0 bridgehead atoms. The summed E-state index contributed by atoms with van der Waals surface area (Å²) in [7, 11) is -1.78. The van der Waals surface area contributed by atoms with Crippen molar-refractivity contribution in [3.05, 3.63) is 96.1 Å². The van der Waals surface area contributed by atoms with Crippen molar-refractivity contribution in [2.24, 2.45) is 0 Å². The molecule has 6 nitrogen and oxygen atoms in total. The van der Waals surface area contributed by atoms with Crippen molar-refractivity contribution >= 4 is 75.9 Å². The van der Waals surface area contributed by atoms with Crippen LogP contribution in [0.15, 0.2) is 57.0 Å². The lowest BCUT2D eigenvalue weighted by Crippen LogP contribution is -2.47. The van der Waals surface area contributed by atoms with Gasteiger partial charge in [-0.2, -0.15) is 13.2 Å². The first kappa shape index (κ1) is 26.9. The van der Waals surface area contributed by atoms with Crippen LogP contribution in [0.3, 0.4) is 0 Å². The smallest absolute Gasteiger partial charge is 0.454 e. The van der Waals surface area contributed by atoms with E-state index >= 15 is 4.32 Å². The average molecular weight is 660 g/mol.